The third-order valence-corrected chi connectivity index (χ3v) is 5.32. The fourth-order valence-electron chi connectivity index (χ4n) is 2.28. The molecule has 1 aromatic carbocycles. The van der Waals surface area contributed by atoms with E-state index in [1.807, 2.05) is 28.9 Å². The van der Waals surface area contributed by atoms with Crippen LogP contribution in [0.15, 0.2) is 41.1 Å². The third-order valence-electron chi connectivity index (χ3n) is 3.36. The van der Waals surface area contributed by atoms with E-state index in [-0.39, 0.29) is 0 Å². The molecule has 3 rings (SSSR count). The Morgan fingerprint density at radius 2 is 2.17 bits per heavy atom. The fraction of sp³-hybridized carbons (Fsp3) is 0.250. The molecule has 1 N–H and O–H groups in total. The van der Waals surface area contributed by atoms with Crippen LogP contribution in [0.25, 0.3) is 0 Å². The van der Waals surface area contributed by atoms with Gasteiger partial charge in [0.1, 0.15) is 5.75 Å². The molecule has 0 aliphatic heterocycles. The highest BCUT2D eigenvalue weighted by Crippen LogP contribution is 2.28. The molecule has 0 radical (unpaired) electrons. The second kappa shape index (κ2) is 7.89. The topological polar surface area (TPSA) is 42.3 Å². The van der Waals surface area contributed by atoms with Crippen LogP contribution in [0.2, 0.25) is 0 Å². The number of benzene rings is 1. The van der Waals surface area contributed by atoms with Gasteiger partial charge in [0.25, 0.3) is 0 Å². The molecule has 0 amide bonds. The van der Waals surface area contributed by atoms with Gasteiger partial charge < -0.3 is 10.1 Å². The Hall–Kier alpha value is -1.74. The van der Waals surface area contributed by atoms with E-state index in [2.05, 4.69) is 39.2 Å². The molecule has 0 unspecified atom stereocenters. The van der Waals surface area contributed by atoms with Crippen LogP contribution in [0.1, 0.15) is 5.56 Å². The number of hydrogen-bond acceptors (Lipinski definition) is 7. The van der Waals surface area contributed by atoms with E-state index < -0.39 is 0 Å². The summed E-state index contributed by atoms with van der Waals surface area (Å²) in [6.07, 6.45) is 0. The molecule has 0 saturated carbocycles. The van der Waals surface area contributed by atoms with Gasteiger partial charge in [-0.2, -0.15) is 11.3 Å². The molecule has 24 heavy (non-hydrogen) atoms. The van der Waals surface area contributed by atoms with Gasteiger partial charge in [-0.05, 0) is 53.8 Å². The normalized spacial score (nSPS) is 11.0. The number of anilines is 2. The number of nitrogens with zero attached hydrogens (tertiary/aromatic N) is 3. The Morgan fingerprint density at radius 1 is 1.33 bits per heavy atom. The Bertz CT molecular complexity index is 841. The van der Waals surface area contributed by atoms with Crippen LogP contribution in [0.5, 0.6) is 5.75 Å². The van der Waals surface area contributed by atoms with Crippen molar-refractivity contribution in [3.63, 3.8) is 0 Å². The van der Waals surface area contributed by atoms with Crippen molar-refractivity contribution in [1.82, 2.24) is 14.7 Å². The lowest BCUT2D eigenvalue weighted by atomic mass is 10.3. The number of nitrogens with one attached hydrogen (secondary N) is 1. The minimum atomic E-state index is 0.652. The predicted octanol–water partition coefficient (Wildman–Crippen LogP) is 4.58. The average Bonchev–Trinajstić information content (AvgIpc) is 3.18. The Kier molecular flexibility index (Phi) is 5.62. The fourth-order valence-corrected chi connectivity index (χ4v) is 3.95. The second-order valence-electron chi connectivity index (χ2n) is 5.29. The van der Waals surface area contributed by atoms with E-state index >= 15 is 0 Å². The Morgan fingerprint density at radius 3 is 2.92 bits per heavy atom. The maximum Gasteiger partial charge on any atom is 0.209 e. The molecule has 0 bridgehead atoms. The second-order valence-corrected chi connectivity index (χ2v) is 7.69. The summed E-state index contributed by atoms with van der Waals surface area (Å²) >= 11 is 8.60. The number of rotatable bonds is 7. The molecule has 2 heterocycles. The molecule has 0 aliphatic carbocycles. The van der Waals surface area contributed by atoms with E-state index in [4.69, 9.17) is 17.0 Å². The number of aromatic nitrogens is 2. The number of para-hydroxylation sites is 2. The molecular weight excluding hydrogens is 360 g/mol. The first kappa shape index (κ1) is 17.1. The quantitative estimate of drug-likeness (QED) is 0.610. The first-order valence-corrected chi connectivity index (χ1v) is 9.50. The molecule has 0 atom stereocenters. The summed E-state index contributed by atoms with van der Waals surface area (Å²) in [6.45, 7) is 1.52. The van der Waals surface area contributed by atoms with E-state index in [9.17, 15) is 0 Å². The Balaban J connectivity index is 1.69. The SMILES string of the molecule is COc1ccccc1Nc1nn(CN(C)Cc2ccsc2)c(=S)s1. The van der Waals surface area contributed by atoms with Gasteiger partial charge in [0.2, 0.25) is 5.13 Å². The molecule has 5 nitrogen and oxygen atoms in total. The predicted molar refractivity (Wildman–Crippen MR) is 103 cm³/mol. The monoisotopic (exact) mass is 378 g/mol. The van der Waals surface area contributed by atoms with E-state index in [0.717, 1.165) is 27.1 Å². The molecule has 8 heteroatoms. The van der Waals surface area contributed by atoms with Gasteiger partial charge in [0.15, 0.2) is 3.95 Å². The van der Waals surface area contributed by atoms with E-state index in [1.165, 1.54) is 16.9 Å². The van der Waals surface area contributed by atoms with Crippen LogP contribution < -0.4 is 10.1 Å². The zero-order valence-electron chi connectivity index (χ0n) is 13.4. The van der Waals surface area contributed by atoms with Crippen molar-refractivity contribution in [2.75, 3.05) is 19.5 Å². The summed E-state index contributed by atoms with van der Waals surface area (Å²) in [4.78, 5) is 2.18. The van der Waals surface area contributed by atoms with Gasteiger partial charge in [-0.25, -0.2) is 4.68 Å². The highest BCUT2D eigenvalue weighted by Gasteiger charge is 2.09. The standard InChI is InChI=1S/C16H18N4OS3/c1-19(9-12-7-8-23-10-12)11-20-16(22)24-15(18-20)17-13-5-3-4-6-14(13)21-2/h3-8,10H,9,11H2,1-2H3,(H,17,18). The molecule has 0 saturated heterocycles. The minimum absolute atomic E-state index is 0.652. The number of hydrogen-bond donors (Lipinski definition) is 1. The molecule has 0 spiro atoms. The summed E-state index contributed by atoms with van der Waals surface area (Å²) in [5.74, 6) is 0.778. The maximum atomic E-state index is 5.44. The maximum absolute atomic E-state index is 5.44. The van der Waals surface area contributed by atoms with Crippen LogP contribution in [-0.2, 0) is 13.2 Å². The number of thiophene rings is 1. The van der Waals surface area contributed by atoms with E-state index in [0.29, 0.717) is 6.67 Å². The largest absolute Gasteiger partial charge is 0.495 e. The molecular formula is C16H18N4OS3. The highest BCUT2D eigenvalue weighted by molar-refractivity contribution is 7.73. The number of ether oxygens (including phenoxy) is 1. The smallest absolute Gasteiger partial charge is 0.209 e. The molecule has 126 valence electrons. The van der Waals surface area contributed by atoms with Crippen molar-refractivity contribution in [3.8, 4) is 5.75 Å². The van der Waals surface area contributed by atoms with Crippen molar-refractivity contribution in [2.45, 2.75) is 13.2 Å². The zero-order valence-corrected chi connectivity index (χ0v) is 15.9. The number of methoxy groups -OCH3 is 1. The van der Waals surface area contributed by atoms with Gasteiger partial charge in [0.05, 0.1) is 19.5 Å². The first-order valence-electron chi connectivity index (χ1n) is 7.33. The summed E-state index contributed by atoms with van der Waals surface area (Å²) in [5.41, 5.74) is 2.18. The van der Waals surface area contributed by atoms with Gasteiger partial charge in [0, 0.05) is 6.54 Å². The van der Waals surface area contributed by atoms with Crippen molar-refractivity contribution in [1.29, 1.82) is 0 Å². The van der Waals surface area contributed by atoms with Crippen molar-refractivity contribution in [2.24, 2.45) is 0 Å². The lowest BCUT2D eigenvalue weighted by Gasteiger charge is -2.15. The molecule has 2 aromatic heterocycles. The summed E-state index contributed by atoms with van der Waals surface area (Å²) in [7, 11) is 3.71. The molecule has 0 fully saturated rings. The summed E-state index contributed by atoms with van der Waals surface area (Å²) < 4.78 is 7.93. The average molecular weight is 379 g/mol. The van der Waals surface area contributed by atoms with Crippen LogP contribution in [0, 0.1) is 3.95 Å². The minimum Gasteiger partial charge on any atom is -0.495 e. The van der Waals surface area contributed by atoms with Gasteiger partial charge >= 0.3 is 0 Å². The van der Waals surface area contributed by atoms with Crippen LogP contribution >= 0.6 is 34.9 Å². The highest BCUT2D eigenvalue weighted by atomic mass is 32.1. The van der Waals surface area contributed by atoms with E-state index in [1.54, 1.807) is 18.4 Å². The Labute approximate surface area is 154 Å². The van der Waals surface area contributed by atoms with Crippen LogP contribution in [-0.4, -0.2) is 28.8 Å². The third kappa shape index (κ3) is 4.21. The van der Waals surface area contributed by atoms with Gasteiger partial charge in [-0.3, -0.25) is 4.90 Å². The first-order chi connectivity index (χ1) is 11.7. The molecule has 0 aliphatic rings. The van der Waals surface area contributed by atoms with Gasteiger partial charge in [-0.1, -0.05) is 23.5 Å². The van der Waals surface area contributed by atoms with Crippen molar-refractivity contribution < 1.29 is 4.74 Å². The summed E-state index contributed by atoms with van der Waals surface area (Å²) in [6, 6.07) is 9.89. The van der Waals surface area contributed by atoms with Crippen LogP contribution in [0.4, 0.5) is 10.8 Å². The van der Waals surface area contributed by atoms with Crippen LogP contribution in [0.3, 0.4) is 0 Å². The van der Waals surface area contributed by atoms with Gasteiger partial charge in [-0.15, -0.1) is 5.10 Å². The molecule has 3 aromatic rings. The van der Waals surface area contributed by atoms with Crippen molar-refractivity contribution in [3.05, 3.63) is 50.6 Å². The lowest BCUT2D eigenvalue weighted by molar-refractivity contribution is 0.246. The summed E-state index contributed by atoms with van der Waals surface area (Å²) in [5, 5.41) is 12.9. The zero-order chi connectivity index (χ0) is 16.9. The lowest BCUT2D eigenvalue weighted by Crippen LogP contribution is -2.22. The van der Waals surface area contributed by atoms with Crippen molar-refractivity contribution >= 4 is 45.7 Å².